The van der Waals surface area contributed by atoms with Gasteiger partial charge in [0.2, 0.25) is 5.91 Å². The van der Waals surface area contributed by atoms with Gasteiger partial charge in [-0.05, 0) is 51.0 Å². The Kier molecular flexibility index (Phi) is 7.70. The maximum atomic E-state index is 13.0. The summed E-state index contributed by atoms with van der Waals surface area (Å²) in [6.45, 7) is 11.2. The van der Waals surface area contributed by atoms with Gasteiger partial charge in [-0.3, -0.25) is 4.79 Å². The molecule has 1 saturated heterocycles. The number of hydrogen-bond donors (Lipinski definition) is 1. The largest absolute Gasteiger partial charge is 0.493 e. The van der Waals surface area contributed by atoms with Crippen LogP contribution in [0, 0.1) is 5.41 Å². The molecule has 0 radical (unpaired) electrons. The molecule has 3 atom stereocenters. The average Bonchev–Trinajstić information content (AvgIpc) is 3.12. The third kappa shape index (κ3) is 6.06. The second-order valence-electron chi connectivity index (χ2n) is 10.1. The first-order valence-electron chi connectivity index (χ1n) is 11.5. The van der Waals surface area contributed by atoms with E-state index in [1.807, 2.05) is 76.2 Å². The van der Waals surface area contributed by atoms with E-state index in [0.29, 0.717) is 31.2 Å². The molecule has 0 saturated carbocycles. The van der Waals surface area contributed by atoms with Crippen LogP contribution in [0.15, 0.2) is 48.5 Å². The molecule has 0 aliphatic carbocycles. The zero-order chi connectivity index (χ0) is 24.2. The number of carbonyl (C=O) groups excluding carboxylic acids is 1. The molecule has 6 heteroatoms. The number of carbonyl (C=O) groups is 1. The van der Waals surface area contributed by atoms with E-state index in [9.17, 15) is 9.90 Å². The molecule has 1 aliphatic heterocycles. The van der Waals surface area contributed by atoms with Crippen LogP contribution < -0.4 is 9.47 Å². The summed E-state index contributed by atoms with van der Waals surface area (Å²) in [4.78, 5) is 14.8. The van der Waals surface area contributed by atoms with Crippen molar-refractivity contribution < 1.29 is 24.1 Å². The molecular formula is C27H37NO5. The number of amides is 1. The number of likely N-dealkylation sites (tertiary alicyclic amines) is 1. The summed E-state index contributed by atoms with van der Waals surface area (Å²) in [6, 6.07) is 15.7. The van der Waals surface area contributed by atoms with Crippen molar-refractivity contribution in [3.63, 3.8) is 0 Å². The van der Waals surface area contributed by atoms with Crippen LogP contribution in [0.2, 0.25) is 0 Å². The van der Waals surface area contributed by atoms with E-state index in [1.54, 1.807) is 18.9 Å². The molecule has 0 spiro atoms. The van der Waals surface area contributed by atoms with Crippen LogP contribution in [0.4, 0.5) is 0 Å². The molecule has 1 fully saturated rings. The summed E-state index contributed by atoms with van der Waals surface area (Å²) in [5.74, 6) is 1.20. The lowest BCUT2D eigenvalue weighted by Crippen LogP contribution is -2.38. The Morgan fingerprint density at radius 1 is 1.18 bits per heavy atom. The summed E-state index contributed by atoms with van der Waals surface area (Å²) in [6.07, 6.45) is -0.598. The molecule has 0 unspecified atom stereocenters. The van der Waals surface area contributed by atoms with Crippen LogP contribution in [-0.4, -0.2) is 54.4 Å². The van der Waals surface area contributed by atoms with E-state index in [0.717, 1.165) is 11.1 Å². The number of nitrogens with zero attached hydrogens (tertiary/aromatic N) is 1. The van der Waals surface area contributed by atoms with Gasteiger partial charge in [0.25, 0.3) is 0 Å². The second kappa shape index (κ2) is 10.1. The van der Waals surface area contributed by atoms with Crippen LogP contribution in [0.1, 0.15) is 51.7 Å². The lowest BCUT2D eigenvalue weighted by molar-refractivity contribution is -0.136. The Bertz CT molecular complexity index is 937. The van der Waals surface area contributed by atoms with Gasteiger partial charge in [-0.15, -0.1) is 0 Å². The highest BCUT2D eigenvalue weighted by Crippen LogP contribution is 2.47. The van der Waals surface area contributed by atoms with Gasteiger partial charge in [-0.25, -0.2) is 0 Å². The normalized spacial score (nSPS) is 21.7. The molecule has 3 rings (SSSR count). The van der Waals surface area contributed by atoms with Crippen LogP contribution in [-0.2, 0) is 16.1 Å². The minimum Gasteiger partial charge on any atom is -0.493 e. The molecule has 1 aliphatic rings. The highest BCUT2D eigenvalue weighted by molar-refractivity contribution is 5.78. The van der Waals surface area contributed by atoms with Crippen LogP contribution in [0.5, 0.6) is 11.5 Å². The van der Waals surface area contributed by atoms with E-state index in [1.165, 1.54) is 0 Å². The minimum atomic E-state index is -0.598. The average molecular weight is 456 g/mol. The van der Waals surface area contributed by atoms with Crippen molar-refractivity contribution in [1.29, 1.82) is 0 Å². The van der Waals surface area contributed by atoms with E-state index in [-0.39, 0.29) is 24.0 Å². The number of methoxy groups -OCH3 is 1. The van der Waals surface area contributed by atoms with Crippen molar-refractivity contribution in [1.82, 2.24) is 4.90 Å². The fourth-order valence-corrected chi connectivity index (χ4v) is 4.36. The quantitative estimate of drug-likeness (QED) is 0.639. The molecular weight excluding hydrogens is 418 g/mol. The smallest absolute Gasteiger partial charge is 0.248 e. The van der Waals surface area contributed by atoms with Gasteiger partial charge >= 0.3 is 0 Å². The van der Waals surface area contributed by atoms with Gasteiger partial charge in [-0.2, -0.15) is 0 Å². The molecule has 1 N–H and O–H groups in total. The van der Waals surface area contributed by atoms with Gasteiger partial charge < -0.3 is 24.2 Å². The topological polar surface area (TPSA) is 68.2 Å². The molecule has 33 heavy (non-hydrogen) atoms. The zero-order valence-electron chi connectivity index (χ0n) is 20.6. The Morgan fingerprint density at radius 2 is 1.88 bits per heavy atom. The highest BCUT2D eigenvalue weighted by atomic mass is 16.5. The summed E-state index contributed by atoms with van der Waals surface area (Å²) in [5.41, 5.74) is 1.16. The van der Waals surface area contributed by atoms with Crippen molar-refractivity contribution in [3.8, 4) is 11.5 Å². The third-order valence-electron chi connectivity index (χ3n) is 6.38. The number of ether oxygens (including phenoxy) is 3. The lowest BCUT2D eigenvalue weighted by Gasteiger charge is -2.34. The standard InChI is InChI=1S/C27H37NO5/c1-19(29)27(5)18-28(25(30)17-32-16-20-10-8-7-9-11-20)15-22(27)21-12-13-23(31-6)24(14-21)33-26(2,3)4/h7-14,19,22,29H,15-18H2,1-6H3/t19-,22+,27+/m1/s1. The van der Waals surface area contributed by atoms with Gasteiger partial charge in [-0.1, -0.05) is 43.3 Å². The summed E-state index contributed by atoms with van der Waals surface area (Å²) in [7, 11) is 1.62. The molecule has 2 aromatic carbocycles. The molecule has 1 heterocycles. The predicted molar refractivity (Wildman–Crippen MR) is 129 cm³/mol. The number of benzene rings is 2. The number of rotatable bonds is 8. The first-order chi connectivity index (χ1) is 15.5. The molecule has 0 aromatic heterocycles. The van der Waals surface area contributed by atoms with E-state index < -0.39 is 11.5 Å². The fraction of sp³-hybridized carbons (Fsp3) is 0.519. The second-order valence-corrected chi connectivity index (χ2v) is 10.1. The van der Waals surface area contributed by atoms with Crippen molar-refractivity contribution in [2.75, 3.05) is 26.8 Å². The molecule has 6 nitrogen and oxygen atoms in total. The summed E-state index contributed by atoms with van der Waals surface area (Å²) >= 11 is 0. The Labute approximate surface area is 197 Å². The molecule has 180 valence electrons. The van der Waals surface area contributed by atoms with Crippen LogP contribution in [0.25, 0.3) is 0 Å². The van der Waals surface area contributed by atoms with Crippen molar-refractivity contribution >= 4 is 5.91 Å². The number of aliphatic hydroxyl groups excluding tert-OH is 1. The molecule has 2 aromatic rings. The molecule has 1 amide bonds. The van der Waals surface area contributed by atoms with Crippen LogP contribution in [0.3, 0.4) is 0 Å². The van der Waals surface area contributed by atoms with E-state index in [4.69, 9.17) is 14.2 Å². The highest BCUT2D eigenvalue weighted by Gasteiger charge is 2.48. The van der Waals surface area contributed by atoms with E-state index in [2.05, 4.69) is 0 Å². The first kappa shape index (κ1) is 25.1. The Balaban J connectivity index is 1.77. The maximum absolute atomic E-state index is 13.0. The summed E-state index contributed by atoms with van der Waals surface area (Å²) < 4.78 is 17.3. The first-order valence-corrected chi connectivity index (χ1v) is 11.5. The SMILES string of the molecule is COc1ccc([C@@H]2CN(C(=O)COCc3ccccc3)C[C@@]2(C)[C@@H](C)O)cc1OC(C)(C)C. The summed E-state index contributed by atoms with van der Waals surface area (Å²) in [5, 5.41) is 10.7. The van der Waals surface area contributed by atoms with E-state index >= 15 is 0 Å². The lowest BCUT2D eigenvalue weighted by atomic mass is 9.72. The Hall–Kier alpha value is -2.57. The van der Waals surface area contributed by atoms with Gasteiger partial charge in [0.05, 0.1) is 19.8 Å². The van der Waals surface area contributed by atoms with Crippen molar-refractivity contribution in [2.24, 2.45) is 5.41 Å². The monoisotopic (exact) mass is 455 g/mol. The Morgan fingerprint density at radius 3 is 2.48 bits per heavy atom. The zero-order valence-corrected chi connectivity index (χ0v) is 20.6. The van der Waals surface area contributed by atoms with Gasteiger partial charge in [0.15, 0.2) is 11.5 Å². The van der Waals surface area contributed by atoms with Crippen molar-refractivity contribution in [2.45, 2.75) is 58.8 Å². The van der Waals surface area contributed by atoms with Crippen LogP contribution >= 0.6 is 0 Å². The van der Waals surface area contributed by atoms with Gasteiger partial charge in [0, 0.05) is 24.4 Å². The number of hydrogen-bond acceptors (Lipinski definition) is 5. The third-order valence-corrected chi connectivity index (χ3v) is 6.38. The fourth-order valence-electron chi connectivity index (χ4n) is 4.36. The molecule has 0 bridgehead atoms. The van der Waals surface area contributed by atoms with Crippen molar-refractivity contribution in [3.05, 3.63) is 59.7 Å². The van der Waals surface area contributed by atoms with Gasteiger partial charge in [0.1, 0.15) is 12.2 Å². The number of aliphatic hydroxyl groups is 1. The maximum Gasteiger partial charge on any atom is 0.248 e. The predicted octanol–water partition coefficient (Wildman–Crippen LogP) is 4.40. The minimum absolute atomic E-state index is 0.0124.